The monoisotopic (exact) mass is 374 g/mol. The molecule has 1 atom stereocenters. The second-order valence-electron chi connectivity index (χ2n) is 6.62. The van der Waals surface area contributed by atoms with E-state index in [9.17, 15) is 9.59 Å². The molecule has 0 aliphatic carbocycles. The number of benzene rings is 1. The maximum Gasteiger partial charge on any atom is 0.318 e. The Morgan fingerprint density at radius 3 is 3.12 bits per heavy atom. The van der Waals surface area contributed by atoms with E-state index in [2.05, 4.69) is 10.5 Å². The van der Waals surface area contributed by atoms with Gasteiger partial charge in [-0.1, -0.05) is 28.9 Å². The van der Waals surface area contributed by atoms with E-state index >= 15 is 0 Å². The van der Waals surface area contributed by atoms with Gasteiger partial charge in [0.05, 0.1) is 6.54 Å². The van der Waals surface area contributed by atoms with Crippen LogP contribution < -0.4 is 5.32 Å². The quantitative estimate of drug-likeness (QED) is 0.895. The molecule has 0 radical (unpaired) electrons. The summed E-state index contributed by atoms with van der Waals surface area (Å²) in [6.45, 7) is 1.77. The van der Waals surface area contributed by atoms with E-state index in [1.54, 1.807) is 23.1 Å². The lowest BCUT2D eigenvalue weighted by Gasteiger charge is -2.36. The Balaban J connectivity index is 1.35. The Hall–Kier alpha value is -2.54. The second kappa shape index (κ2) is 6.99. The predicted octanol–water partition coefficient (Wildman–Crippen LogP) is 2.51. The van der Waals surface area contributed by atoms with Crippen LogP contribution in [0.1, 0.15) is 18.5 Å². The van der Waals surface area contributed by atoms with Gasteiger partial charge in [-0.3, -0.25) is 4.79 Å². The van der Waals surface area contributed by atoms with Crippen LogP contribution in [0.3, 0.4) is 0 Å². The van der Waals surface area contributed by atoms with E-state index in [1.807, 2.05) is 17.0 Å². The van der Waals surface area contributed by atoms with Crippen molar-refractivity contribution in [3.8, 4) is 11.3 Å². The van der Waals surface area contributed by atoms with Crippen LogP contribution in [-0.4, -0.2) is 52.6 Å². The van der Waals surface area contributed by atoms with Crippen LogP contribution in [0.25, 0.3) is 11.3 Å². The maximum atomic E-state index is 12.4. The molecule has 1 N–H and O–H groups in total. The van der Waals surface area contributed by atoms with E-state index in [4.69, 9.17) is 16.1 Å². The fraction of sp³-hybridized carbons (Fsp3) is 0.389. The first-order valence-electron chi connectivity index (χ1n) is 8.64. The summed E-state index contributed by atoms with van der Waals surface area (Å²) < 4.78 is 5.32. The maximum absolute atomic E-state index is 12.4. The van der Waals surface area contributed by atoms with E-state index in [-0.39, 0.29) is 31.1 Å². The van der Waals surface area contributed by atoms with E-state index < -0.39 is 0 Å². The predicted molar refractivity (Wildman–Crippen MR) is 95.5 cm³/mol. The molecule has 0 bridgehead atoms. The summed E-state index contributed by atoms with van der Waals surface area (Å²) in [5.41, 5.74) is 1.43. The first-order valence-corrected chi connectivity index (χ1v) is 9.02. The number of nitrogens with one attached hydrogen (secondary N) is 1. The molecule has 136 valence electrons. The Labute approximate surface area is 155 Å². The highest BCUT2D eigenvalue weighted by atomic mass is 35.5. The molecule has 2 fully saturated rings. The number of piperazine rings is 1. The van der Waals surface area contributed by atoms with E-state index in [0.717, 1.165) is 24.9 Å². The SMILES string of the molecule is O=C(NCc1cc(-c2cccc(Cl)c2)on1)N1CC(=O)N2CCCC2C1. The summed E-state index contributed by atoms with van der Waals surface area (Å²) in [5.74, 6) is 0.616. The van der Waals surface area contributed by atoms with E-state index in [1.165, 1.54) is 0 Å². The minimum absolute atomic E-state index is 0.0265. The molecule has 4 rings (SSSR count). The smallest absolute Gasteiger partial charge is 0.318 e. The number of halogens is 1. The molecule has 3 amide bonds. The molecule has 1 aromatic heterocycles. The Morgan fingerprint density at radius 2 is 2.27 bits per heavy atom. The van der Waals surface area contributed by atoms with Gasteiger partial charge in [0, 0.05) is 35.8 Å². The van der Waals surface area contributed by atoms with Crippen molar-refractivity contribution in [2.45, 2.75) is 25.4 Å². The molecular weight excluding hydrogens is 356 g/mol. The number of carbonyl (C=O) groups excluding carboxylic acids is 2. The molecule has 7 nitrogen and oxygen atoms in total. The molecule has 8 heteroatoms. The summed E-state index contributed by atoms with van der Waals surface area (Å²) in [7, 11) is 0. The Kier molecular flexibility index (Phi) is 4.55. The molecule has 26 heavy (non-hydrogen) atoms. The molecule has 2 aromatic rings. The number of carbonyl (C=O) groups is 2. The number of amides is 3. The van der Waals surface area contributed by atoms with Crippen LogP contribution in [0.4, 0.5) is 4.79 Å². The summed E-state index contributed by atoms with van der Waals surface area (Å²) >= 11 is 5.98. The van der Waals surface area contributed by atoms with Gasteiger partial charge in [0.1, 0.15) is 12.2 Å². The van der Waals surface area contributed by atoms with Crippen LogP contribution in [0.15, 0.2) is 34.9 Å². The van der Waals surface area contributed by atoms with Gasteiger partial charge in [0.15, 0.2) is 5.76 Å². The molecule has 2 aliphatic heterocycles. The normalized spacial score (nSPS) is 19.6. The summed E-state index contributed by atoms with van der Waals surface area (Å²) in [6, 6.07) is 8.96. The van der Waals surface area contributed by atoms with E-state index in [0.29, 0.717) is 23.0 Å². The molecule has 0 spiro atoms. The highest BCUT2D eigenvalue weighted by molar-refractivity contribution is 6.30. The number of rotatable bonds is 3. The van der Waals surface area contributed by atoms with Crippen molar-refractivity contribution in [1.82, 2.24) is 20.3 Å². The van der Waals surface area contributed by atoms with Crippen molar-refractivity contribution in [2.75, 3.05) is 19.6 Å². The third-order valence-electron chi connectivity index (χ3n) is 4.83. The Bertz CT molecular complexity index is 837. The summed E-state index contributed by atoms with van der Waals surface area (Å²) in [5, 5.41) is 7.41. The lowest BCUT2D eigenvalue weighted by atomic mass is 10.1. The first-order chi connectivity index (χ1) is 12.6. The molecule has 1 unspecified atom stereocenters. The number of hydrogen-bond acceptors (Lipinski definition) is 4. The molecule has 3 heterocycles. The standard InChI is InChI=1S/C18H19ClN4O3/c19-13-4-1-3-12(7-13)16-8-14(21-26-16)9-20-18(25)22-10-15-5-2-6-23(15)17(24)11-22/h1,3-4,7-8,15H,2,5-6,9-11H2,(H,20,25). The zero-order chi connectivity index (χ0) is 18.1. The topological polar surface area (TPSA) is 78.7 Å². The minimum atomic E-state index is -0.253. The highest BCUT2D eigenvalue weighted by Gasteiger charge is 2.37. The minimum Gasteiger partial charge on any atom is -0.356 e. The zero-order valence-corrected chi connectivity index (χ0v) is 14.9. The summed E-state index contributed by atoms with van der Waals surface area (Å²) in [4.78, 5) is 28.0. The lowest BCUT2D eigenvalue weighted by molar-refractivity contribution is -0.136. The molecule has 1 aromatic carbocycles. The van der Waals surface area contributed by atoms with Crippen LogP contribution in [-0.2, 0) is 11.3 Å². The number of urea groups is 1. The number of aromatic nitrogens is 1. The highest BCUT2D eigenvalue weighted by Crippen LogP contribution is 2.24. The lowest BCUT2D eigenvalue weighted by Crippen LogP contribution is -2.57. The third kappa shape index (κ3) is 3.39. The van der Waals surface area contributed by atoms with Gasteiger partial charge >= 0.3 is 6.03 Å². The van der Waals surface area contributed by atoms with Crippen molar-refractivity contribution in [2.24, 2.45) is 0 Å². The van der Waals surface area contributed by atoms with Crippen molar-refractivity contribution in [3.05, 3.63) is 41.0 Å². The fourth-order valence-electron chi connectivity index (χ4n) is 3.53. The van der Waals surface area contributed by atoms with Gasteiger partial charge < -0.3 is 19.6 Å². The molecule has 2 aliphatic rings. The van der Waals surface area contributed by atoms with Crippen LogP contribution in [0.2, 0.25) is 5.02 Å². The van der Waals surface area contributed by atoms with Gasteiger partial charge in [-0.25, -0.2) is 4.79 Å². The third-order valence-corrected chi connectivity index (χ3v) is 5.07. The van der Waals surface area contributed by atoms with Gasteiger partial charge in [0.25, 0.3) is 0 Å². The van der Waals surface area contributed by atoms with Gasteiger partial charge in [0.2, 0.25) is 5.91 Å². The van der Waals surface area contributed by atoms with Crippen LogP contribution >= 0.6 is 11.6 Å². The van der Waals surface area contributed by atoms with Gasteiger partial charge in [-0.15, -0.1) is 0 Å². The van der Waals surface area contributed by atoms with Gasteiger partial charge in [-0.2, -0.15) is 0 Å². The zero-order valence-electron chi connectivity index (χ0n) is 14.2. The van der Waals surface area contributed by atoms with Crippen LogP contribution in [0, 0.1) is 0 Å². The first kappa shape index (κ1) is 16.9. The van der Waals surface area contributed by atoms with Crippen molar-refractivity contribution in [3.63, 3.8) is 0 Å². The van der Waals surface area contributed by atoms with Crippen LogP contribution in [0.5, 0.6) is 0 Å². The second-order valence-corrected chi connectivity index (χ2v) is 7.05. The van der Waals surface area contributed by atoms with Gasteiger partial charge in [-0.05, 0) is 25.0 Å². The largest absolute Gasteiger partial charge is 0.356 e. The molecular formula is C18H19ClN4O3. The molecule has 2 saturated heterocycles. The van der Waals surface area contributed by atoms with Crippen molar-refractivity contribution >= 4 is 23.5 Å². The number of hydrogen-bond donors (Lipinski definition) is 1. The fourth-order valence-corrected chi connectivity index (χ4v) is 3.72. The average Bonchev–Trinajstić information content (AvgIpc) is 3.29. The average molecular weight is 375 g/mol. The Morgan fingerprint density at radius 1 is 1.38 bits per heavy atom. The number of fused-ring (bicyclic) bond motifs is 1. The number of nitrogens with zero attached hydrogens (tertiary/aromatic N) is 3. The van der Waals surface area contributed by atoms with Crippen molar-refractivity contribution in [1.29, 1.82) is 0 Å². The van der Waals surface area contributed by atoms with Crippen molar-refractivity contribution < 1.29 is 14.1 Å². The molecule has 0 saturated carbocycles. The summed E-state index contributed by atoms with van der Waals surface area (Å²) in [6.07, 6.45) is 1.97.